The van der Waals surface area contributed by atoms with E-state index in [-0.39, 0.29) is 12.3 Å². The molecule has 0 fully saturated rings. The minimum atomic E-state index is -1.62. The van der Waals surface area contributed by atoms with Gasteiger partial charge in [-0.2, -0.15) is 0 Å². The first kappa shape index (κ1) is 16.7. The zero-order valence-corrected chi connectivity index (χ0v) is 15.1. The first-order valence-electron chi connectivity index (χ1n) is 9.21. The van der Waals surface area contributed by atoms with Crippen LogP contribution in [0.4, 0.5) is 11.4 Å². The van der Waals surface area contributed by atoms with Crippen LogP contribution in [0.15, 0.2) is 91.3 Å². The van der Waals surface area contributed by atoms with Gasteiger partial charge in [0.25, 0.3) is 5.91 Å². The standard InChI is InChI=1S/C24H18N2O2/c27-23-24(28,16-17-12-14-25-15-13-17)20-9-3-4-10-22(20)26(23)21-11-5-7-18-6-1-2-8-19(18)21/h1-15,28H,16H2. The fourth-order valence-electron chi connectivity index (χ4n) is 4.04. The fraction of sp³-hybridized carbons (Fsp3) is 0.0833. The van der Waals surface area contributed by atoms with Crippen molar-refractivity contribution in [1.29, 1.82) is 0 Å². The molecule has 0 aliphatic carbocycles. The lowest BCUT2D eigenvalue weighted by Crippen LogP contribution is -2.40. The second-order valence-electron chi connectivity index (χ2n) is 7.05. The number of hydrogen-bond donors (Lipinski definition) is 1. The van der Waals surface area contributed by atoms with Crippen LogP contribution in [0, 0.1) is 0 Å². The molecule has 4 aromatic rings. The normalized spacial score (nSPS) is 18.5. The molecule has 2 heterocycles. The van der Waals surface area contributed by atoms with Crippen molar-refractivity contribution in [3.8, 4) is 0 Å². The molecule has 0 saturated carbocycles. The number of para-hydroxylation sites is 1. The molecule has 1 aliphatic heterocycles. The summed E-state index contributed by atoms with van der Waals surface area (Å²) in [6.07, 6.45) is 3.55. The van der Waals surface area contributed by atoms with Crippen LogP contribution in [0.3, 0.4) is 0 Å². The number of carbonyl (C=O) groups excluding carboxylic acids is 1. The molecule has 1 aromatic heterocycles. The average Bonchev–Trinajstić information content (AvgIpc) is 2.96. The van der Waals surface area contributed by atoms with Gasteiger partial charge in [-0.15, -0.1) is 0 Å². The van der Waals surface area contributed by atoms with Crippen LogP contribution in [0.25, 0.3) is 10.8 Å². The smallest absolute Gasteiger partial charge is 0.268 e. The van der Waals surface area contributed by atoms with E-state index in [0.29, 0.717) is 5.56 Å². The van der Waals surface area contributed by atoms with Gasteiger partial charge in [-0.1, -0.05) is 54.6 Å². The van der Waals surface area contributed by atoms with Gasteiger partial charge >= 0.3 is 0 Å². The highest BCUT2D eigenvalue weighted by molar-refractivity contribution is 6.16. The van der Waals surface area contributed by atoms with Gasteiger partial charge in [0.05, 0.1) is 11.4 Å². The van der Waals surface area contributed by atoms with Crippen molar-refractivity contribution in [1.82, 2.24) is 4.98 Å². The maximum atomic E-state index is 13.6. The van der Waals surface area contributed by atoms with E-state index in [1.165, 1.54) is 0 Å². The summed E-state index contributed by atoms with van der Waals surface area (Å²) >= 11 is 0. The lowest BCUT2D eigenvalue weighted by Gasteiger charge is -2.24. The number of carbonyl (C=O) groups is 1. The van der Waals surface area contributed by atoms with Crippen molar-refractivity contribution in [3.05, 3.63) is 102 Å². The average molecular weight is 366 g/mol. The summed E-state index contributed by atoms with van der Waals surface area (Å²) in [4.78, 5) is 19.3. The van der Waals surface area contributed by atoms with Gasteiger partial charge in [0.1, 0.15) is 0 Å². The first-order valence-corrected chi connectivity index (χ1v) is 9.21. The van der Waals surface area contributed by atoms with Crippen molar-refractivity contribution < 1.29 is 9.90 Å². The Morgan fingerprint density at radius 3 is 2.36 bits per heavy atom. The Balaban J connectivity index is 1.69. The van der Waals surface area contributed by atoms with E-state index in [9.17, 15) is 9.90 Å². The summed E-state index contributed by atoms with van der Waals surface area (Å²) in [5.74, 6) is -0.332. The zero-order valence-electron chi connectivity index (χ0n) is 15.1. The molecule has 3 aromatic carbocycles. The minimum Gasteiger partial charge on any atom is -0.375 e. The second kappa shape index (κ2) is 6.29. The Bertz CT molecular complexity index is 1180. The number of hydrogen-bond acceptors (Lipinski definition) is 3. The summed E-state index contributed by atoms with van der Waals surface area (Å²) < 4.78 is 0. The topological polar surface area (TPSA) is 53.4 Å². The molecule has 0 spiro atoms. The van der Waals surface area contributed by atoms with Crippen molar-refractivity contribution in [2.45, 2.75) is 12.0 Å². The Morgan fingerprint density at radius 2 is 1.50 bits per heavy atom. The Morgan fingerprint density at radius 1 is 0.821 bits per heavy atom. The molecule has 28 heavy (non-hydrogen) atoms. The van der Waals surface area contributed by atoms with E-state index in [2.05, 4.69) is 4.98 Å². The number of fused-ring (bicyclic) bond motifs is 2. The van der Waals surface area contributed by atoms with E-state index in [1.54, 1.807) is 17.3 Å². The molecule has 136 valence electrons. The Kier molecular flexibility index (Phi) is 3.74. The number of nitrogens with zero attached hydrogens (tertiary/aromatic N) is 2. The van der Waals surface area contributed by atoms with E-state index in [4.69, 9.17) is 0 Å². The van der Waals surface area contributed by atoms with Gasteiger partial charge in [0, 0.05) is 29.8 Å². The van der Waals surface area contributed by atoms with Gasteiger partial charge in [-0.05, 0) is 35.2 Å². The van der Waals surface area contributed by atoms with Crippen LogP contribution in [-0.4, -0.2) is 16.0 Å². The molecule has 1 aliphatic rings. The van der Waals surface area contributed by atoms with Crippen molar-refractivity contribution >= 4 is 28.1 Å². The Labute approximate surface area is 162 Å². The maximum absolute atomic E-state index is 13.6. The van der Waals surface area contributed by atoms with Crippen molar-refractivity contribution in [2.24, 2.45) is 0 Å². The van der Waals surface area contributed by atoms with Crippen LogP contribution < -0.4 is 4.90 Å². The number of anilines is 2. The van der Waals surface area contributed by atoms with Gasteiger partial charge in [0.15, 0.2) is 5.60 Å². The monoisotopic (exact) mass is 366 g/mol. The van der Waals surface area contributed by atoms with Crippen LogP contribution in [0.5, 0.6) is 0 Å². The van der Waals surface area contributed by atoms with Gasteiger partial charge < -0.3 is 5.11 Å². The van der Waals surface area contributed by atoms with Crippen LogP contribution >= 0.6 is 0 Å². The van der Waals surface area contributed by atoms with Gasteiger partial charge in [0.2, 0.25) is 0 Å². The third-order valence-electron chi connectivity index (χ3n) is 5.36. The molecule has 0 bridgehead atoms. The van der Waals surface area contributed by atoms with Crippen molar-refractivity contribution in [2.75, 3.05) is 4.90 Å². The molecular formula is C24H18N2O2. The molecule has 0 radical (unpaired) electrons. The molecule has 1 unspecified atom stereocenters. The van der Waals surface area contributed by atoms with E-state index >= 15 is 0 Å². The highest BCUT2D eigenvalue weighted by Gasteiger charge is 2.50. The first-order chi connectivity index (χ1) is 13.7. The SMILES string of the molecule is O=C1N(c2cccc3ccccc23)c2ccccc2C1(O)Cc1ccncc1. The lowest BCUT2D eigenvalue weighted by molar-refractivity contribution is -0.135. The highest BCUT2D eigenvalue weighted by Crippen LogP contribution is 2.47. The summed E-state index contributed by atoms with van der Waals surface area (Å²) in [6, 6.07) is 25.0. The third-order valence-corrected chi connectivity index (χ3v) is 5.36. The lowest BCUT2D eigenvalue weighted by atomic mass is 9.89. The zero-order chi connectivity index (χ0) is 19.1. The molecule has 1 amide bonds. The maximum Gasteiger partial charge on any atom is 0.268 e. The molecule has 1 N–H and O–H groups in total. The fourth-order valence-corrected chi connectivity index (χ4v) is 4.04. The summed E-state index contributed by atoms with van der Waals surface area (Å²) in [5.41, 5.74) is 1.38. The van der Waals surface area contributed by atoms with Gasteiger partial charge in [-0.3, -0.25) is 14.7 Å². The predicted octanol–water partition coefficient (Wildman–Crippen LogP) is 4.34. The largest absolute Gasteiger partial charge is 0.375 e. The summed E-state index contributed by atoms with van der Waals surface area (Å²) in [5, 5.41) is 13.6. The summed E-state index contributed by atoms with van der Waals surface area (Å²) in [6.45, 7) is 0. The highest BCUT2D eigenvalue weighted by atomic mass is 16.3. The number of amides is 1. The molecule has 4 nitrogen and oxygen atoms in total. The van der Waals surface area contributed by atoms with Crippen molar-refractivity contribution in [3.63, 3.8) is 0 Å². The molecule has 0 saturated heterocycles. The van der Waals surface area contributed by atoms with Crippen LogP contribution in [0.1, 0.15) is 11.1 Å². The molecule has 4 heteroatoms. The summed E-state index contributed by atoms with van der Waals surface area (Å²) in [7, 11) is 0. The van der Waals surface area contributed by atoms with E-state index in [0.717, 1.165) is 27.7 Å². The number of aromatic nitrogens is 1. The number of aliphatic hydroxyl groups is 1. The molecule has 5 rings (SSSR count). The molecule has 1 atom stereocenters. The number of benzene rings is 3. The number of rotatable bonds is 3. The van der Waals surface area contributed by atoms with Gasteiger partial charge in [-0.25, -0.2) is 0 Å². The quantitative estimate of drug-likeness (QED) is 0.587. The van der Waals surface area contributed by atoms with E-state index in [1.807, 2.05) is 78.9 Å². The van der Waals surface area contributed by atoms with Crippen LogP contribution in [-0.2, 0) is 16.8 Å². The molecular weight excluding hydrogens is 348 g/mol. The Hall–Kier alpha value is -3.50. The van der Waals surface area contributed by atoms with E-state index < -0.39 is 5.60 Å². The third kappa shape index (κ3) is 2.42. The minimum absolute atomic E-state index is 0.201. The predicted molar refractivity (Wildman–Crippen MR) is 109 cm³/mol. The number of pyridine rings is 1. The van der Waals surface area contributed by atoms with Crippen LogP contribution in [0.2, 0.25) is 0 Å². The second-order valence-corrected chi connectivity index (χ2v) is 7.05.